The summed E-state index contributed by atoms with van der Waals surface area (Å²) in [4.78, 5) is 26.1. The monoisotopic (exact) mass is 376 g/mol. The van der Waals surface area contributed by atoms with Gasteiger partial charge in [0.25, 0.3) is 5.56 Å². The molecule has 0 radical (unpaired) electrons. The molecule has 26 heavy (non-hydrogen) atoms. The average Bonchev–Trinajstić information content (AvgIpc) is 2.63. The number of H-pyrrole nitrogens is 1. The SMILES string of the molecule is CCCCC(=O)N/N=C/c1c(O)n(-c2ccc(OC)cc2)c(=S)[nH]c1=O. The van der Waals surface area contributed by atoms with Crippen LogP contribution in [0.25, 0.3) is 5.69 Å². The molecule has 1 heterocycles. The van der Waals surface area contributed by atoms with E-state index in [2.05, 4.69) is 15.5 Å². The first-order valence-corrected chi connectivity index (χ1v) is 8.43. The number of methoxy groups -OCH3 is 1. The smallest absolute Gasteiger partial charge is 0.264 e. The normalized spacial score (nSPS) is 10.8. The van der Waals surface area contributed by atoms with Gasteiger partial charge in [-0.25, -0.2) is 5.43 Å². The van der Waals surface area contributed by atoms with E-state index < -0.39 is 5.56 Å². The van der Waals surface area contributed by atoms with Crippen molar-refractivity contribution in [2.75, 3.05) is 7.11 Å². The minimum absolute atomic E-state index is 0.0294. The number of aromatic nitrogens is 2. The number of aromatic amines is 1. The Kier molecular flexibility index (Phi) is 6.67. The molecule has 1 aromatic heterocycles. The molecule has 0 aliphatic heterocycles. The minimum Gasteiger partial charge on any atom is -0.497 e. The Hall–Kier alpha value is -2.94. The van der Waals surface area contributed by atoms with E-state index in [1.807, 2.05) is 6.92 Å². The second kappa shape index (κ2) is 8.95. The van der Waals surface area contributed by atoms with Crippen LogP contribution in [0.3, 0.4) is 0 Å². The summed E-state index contributed by atoms with van der Waals surface area (Å²) >= 11 is 5.13. The van der Waals surface area contributed by atoms with Gasteiger partial charge in [0.2, 0.25) is 11.8 Å². The number of nitrogens with one attached hydrogen (secondary N) is 2. The van der Waals surface area contributed by atoms with Gasteiger partial charge in [-0.05, 0) is 42.9 Å². The van der Waals surface area contributed by atoms with Gasteiger partial charge in [0, 0.05) is 6.42 Å². The lowest BCUT2D eigenvalue weighted by molar-refractivity contribution is -0.121. The number of nitrogens with zero attached hydrogens (tertiary/aromatic N) is 2. The Balaban J connectivity index is 2.35. The average molecular weight is 376 g/mol. The molecule has 0 fully saturated rings. The Morgan fingerprint density at radius 3 is 2.73 bits per heavy atom. The lowest BCUT2D eigenvalue weighted by atomic mass is 10.2. The predicted molar refractivity (Wildman–Crippen MR) is 101 cm³/mol. The highest BCUT2D eigenvalue weighted by atomic mass is 32.1. The fraction of sp³-hybridized carbons (Fsp3) is 0.294. The quantitative estimate of drug-likeness (QED) is 0.390. The van der Waals surface area contributed by atoms with Gasteiger partial charge in [0.1, 0.15) is 11.3 Å². The molecule has 1 aromatic carbocycles. The number of carbonyl (C=O) groups excluding carboxylic acids is 1. The lowest BCUT2D eigenvalue weighted by Crippen LogP contribution is -2.21. The number of carbonyl (C=O) groups is 1. The second-order valence-electron chi connectivity index (χ2n) is 5.43. The predicted octanol–water partition coefficient (Wildman–Crippen LogP) is 2.25. The summed E-state index contributed by atoms with van der Waals surface area (Å²) in [5.74, 6) is -0.00169. The zero-order valence-corrected chi connectivity index (χ0v) is 15.3. The number of amides is 1. The molecule has 0 saturated carbocycles. The van der Waals surface area contributed by atoms with Crippen molar-refractivity contribution in [3.63, 3.8) is 0 Å². The molecule has 0 bridgehead atoms. The highest BCUT2D eigenvalue weighted by Gasteiger charge is 2.13. The first kappa shape index (κ1) is 19.4. The Bertz CT molecular complexity index is 916. The third kappa shape index (κ3) is 4.57. The van der Waals surface area contributed by atoms with Gasteiger partial charge in [-0.15, -0.1) is 0 Å². The molecule has 9 heteroatoms. The van der Waals surface area contributed by atoms with Gasteiger partial charge >= 0.3 is 0 Å². The highest BCUT2D eigenvalue weighted by molar-refractivity contribution is 7.71. The molecule has 0 atom stereocenters. The summed E-state index contributed by atoms with van der Waals surface area (Å²) in [7, 11) is 1.54. The summed E-state index contributed by atoms with van der Waals surface area (Å²) in [6.45, 7) is 1.97. The van der Waals surface area contributed by atoms with Crippen LogP contribution in [-0.4, -0.2) is 33.9 Å². The Morgan fingerprint density at radius 2 is 2.12 bits per heavy atom. The molecule has 1 amide bonds. The van der Waals surface area contributed by atoms with Gasteiger partial charge in [0.15, 0.2) is 4.77 Å². The molecule has 0 aliphatic rings. The number of benzene rings is 1. The van der Waals surface area contributed by atoms with Crippen molar-refractivity contribution in [3.8, 4) is 17.3 Å². The molecule has 0 aliphatic carbocycles. The van der Waals surface area contributed by atoms with E-state index in [-0.39, 0.29) is 22.1 Å². The third-order valence-electron chi connectivity index (χ3n) is 3.59. The zero-order chi connectivity index (χ0) is 19.1. The van der Waals surface area contributed by atoms with E-state index in [9.17, 15) is 14.7 Å². The molecule has 138 valence electrons. The number of ether oxygens (including phenoxy) is 1. The molecule has 3 N–H and O–H groups in total. The number of hydrogen-bond donors (Lipinski definition) is 3. The van der Waals surface area contributed by atoms with E-state index in [4.69, 9.17) is 17.0 Å². The van der Waals surface area contributed by atoms with Crippen molar-refractivity contribution >= 4 is 24.3 Å². The largest absolute Gasteiger partial charge is 0.497 e. The second-order valence-corrected chi connectivity index (χ2v) is 5.81. The molecule has 2 rings (SSSR count). The maximum atomic E-state index is 12.1. The van der Waals surface area contributed by atoms with E-state index >= 15 is 0 Å². The van der Waals surface area contributed by atoms with Crippen LogP contribution in [0.1, 0.15) is 31.7 Å². The number of aromatic hydroxyl groups is 1. The topological polar surface area (TPSA) is 109 Å². The van der Waals surface area contributed by atoms with Crippen LogP contribution in [0.4, 0.5) is 0 Å². The molecule has 8 nitrogen and oxygen atoms in total. The maximum Gasteiger partial charge on any atom is 0.264 e. The summed E-state index contributed by atoms with van der Waals surface area (Å²) in [6.07, 6.45) is 3.06. The van der Waals surface area contributed by atoms with Gasteiger partial charge < -0.3 is 9.84 Å². The number of hydrogen-bond acceptors (Lipinski definition) is 6. The summed E-state index contributed by atoms with van der Waals surface area (Å²) in [5, 5.41) is 14.2. The van der Waals surface area contributed by atoms with E-state index in [0.29, 0.717) is 17.9 Å². The number of unbranched alkanes of at least 4 members (excludes halogenated alkanes) is 1. The first-order valence-electron chi connectivity index (χ1n) is 8.02. The molecule has 0 spiro atoms. The summed E-state index contributed by atoms with van der Waals surface area (Å²) in [5.41, 5.74) is 2.13. The van der Waals surface area contributed by atoms with Crippen LogP contribution in [0.15, 0.2) is 34.2 Å². The van der Waals surface area contributed by atoms with E-state index in [0.717, 1.165) is 19.1 Å². The minimum atomic E-state index is -0.608. The molecular formula is C17H20N4O4S. The first-order chi connectivity index (χ1) is 12.5. The van der Waals surface area contributed by atoms with E-state index in [1.165, 1.54) is 4.57 Å². The molecule has 2 aromatic rings. The van der Waals surface area contributed by atoms with Gasteiger partial charge in [-0.2, -0.15) is 5.10 Å². The molecule has 0 saturated heterocycles. The van der Waals surface area contributed by atoms with Crippen LogP contribution in [0, 0.1) is 4.77 Å². The maximum absolute atomic E-state index is 12.1. The lowest BCUT2D eigenvalue weighted by Gasteiger charge is -2.11. The van der Waals surface area contributed by atoms with Crippen LogP contribution in [-0.2, 0) is 4.79 Å². The fourth-order valence-corrected chi connectivity index (χ4v) is 2.47. The van der Waals surface area contributed by atoms with Gasteiger partial charge in [0.05, 0.1) is 19.0 Å². The van der Waals surface area contributed by atoms with Crippen molar-refractivity contribution in [1.82, 2.24) is 15.0 Å². The molecule has 0 unspecified atom stereocenters. The summed E-state index contributed by atoms with van der Waals surface area (Å²) in [6, 6.07) is 6.76. The highest BCUT2D eigenvalue weighted by Crippen LogP contribution is 2.21. The number of rotatable bonds is 7. The van der Waals surface area contributed by atoms with E-state index in [1.54, 1.807) is 31.4 Å². The van der Waals surface area contributed by atoms with Gasteiger partial charge in [-0.3, -0.25) is 19.1 Å². The van der Waals surface area contributed by atoms with Crippen molar-refractivity contribution in [2.45, 2.75) is 26.2 Å². The van der Waals surface area contributed by atoms with Crippen LogP contribution < -0.4 is 15.7 Å². The van der Waals surface area contributed by atoms with Crippen molar-refractivity contribution in [3.05, 3.63) is 45.0 Å². The third-order valence-corrected chi connectivity index (χ3v) is 3.88. The standard InChI is InChI=1S/C17H20N4O4S/c1-3-4-5-14(22)20-18-10-13-15(23)19-17(26)21(16(13)24)11-6-8-12(25-2)9-7-11/h6-10,24H,3-5H2,1-2H3,(H,20,22)(H,19,23,26)/b18-10+. The van der Waals surface area contributed by atoms with Crippen LogP contribution in [0.2, 0.25) is 0 Å². The van der Waals surface area contributed by atoms with Crippen molar-refractivity contribution in [2.24, 2.45) is 5.10 Å². The molecular weight excluding hydrogens is 356 g/mol. The summed E-state index contributed by atoms with van der Waals surface area (Å²) < 4.78 is 6.41. The Labute approximate surface area is 155 Å². The van der Waals surface area contributed by atoms with Crippen LogP contribution in [0.5, 0.6) is 11.6 Å². The van der Waals surface area contributed by atoms with Crippen molar-refractivity contribution < 1.29 is 14.6 Å². The number of hydrazone groups is 1. The zero-order valence-electron chi connectivity index (χ0n) is 14.5. The van der Waals surface area contributed by atoms with Crippen LogP contribution >= 0.6 is 12.2 Å². The van der Waals surface area contributed by atoms with Crippen molar-refractivity contribution in [1.29, 1.82) is 0 Å². The fourth-order valence-electron chi connectivity index (χ4n) is 2.19. The Morgan fingerprint density at radius 1 is 1.42 bits per heavy atom. The van der Waals surface area contributed by atoms with Gasteiger partial charge in [-0.1, -0.05) is 13.3 Å².